The topological polar surface area (TPSA) is 91.7 Å². The number of aliphatic hydroxyl groups excluding tert-OH is 1. The smallest absolute Gasteiger partial charge is 0.314 e. The molecule has 2 N–H and O–H groups in total. The van der Waals surface area contributed by atoms with Crippen molar-refractivity contribution in [1.29, 1.82) is 0 Å². The van der Waals surface area contributed by atoms with Gasteiger partial charge in [-0.1, -0.05) is 30.7 Å². The molecule has 1 aromatic carbocycles. The van der Waals surface area contributed by atoms with E-state index in [9.17, 15) is 23.4 Å². The molecule has 110 valence electrons. The summed E-state index contributed by atoms with van der Waals surface area (Å²) in [6.45, 7) is 0.746. The van der Waals surface area contributed by atoms with Gasteiger partial charge in [-0.25, -0.2) is 8.42 Å². The summed E-state index contributed by atoms with van der Waals surface area (Å²) in [6, 6.07) is 6.44. The fourth-order valence-corrected chi connectivity index (χ4v) is 5.05. The molecule has 0 radical (unpaired) electrons. The molecule has 0 spiro atoms. The minimum Gasteiger partial charge on any atom is -0.481 e. The molecule has 5 nitrogen and oxygen atoms in total. The van der Waals surface area contributed by atoms with E-state index in [4.69, 9.17) is 11.6 Å². The number of carboxylic acid groups (broad SMARTS) is 1. The second kappa shape index (κ2) is 5.02. The highest BCUT2D eigenvalue weighted by Gasteiger charge is 2.75. The molecule has 2 rings (SSSR count). The summed E-state index contributed by atoms with van der Waals surface area (Å²) in [5.41, 5.74) is -1.14. The van der Waals surface area contributed by atoms with Gasteiger partial charge in [0, 0.05) is 16.7 Å². The van der Waals surface area contributed by atoms with Gasteiger partial charge in [0.05, 0.1) is 11.9 Å². The average Bonchev–Trinajstić information content (AvgIpc) is 3.10. The van der Waals surface area contributed by atoms with Crippen LogP contribution in [0.5, 0.6) is 0 Å². The first-order valence-electron chi connectivity index (χ1n) is 6.12. The van der Waals surface area contributed by atoms with Crippen LogP contribution in [0.2, 0.25) is 5.02 Å². The van der Waals surface area contributed by atoms with Gasteiger partial charge in [0.2, 0.25) is 0 Å². The number of sulfone groups is 1. The van der Waals surface area contributed by atoms with Crippen molar-refractivity contribution in [3.8, 4) is 0 Å². The van der Waals surface area contributed by atoms with E-state index in [1.807, 2.05) is 0 Å². The second-order valence-electron chi connectivity index (χ2n) is 4.91. The predicted molar refractivity (Wildman–Crippen MR) is 74.6 cm³/mol. The van der Waals surface area contributed by atoms with E-state index in [2.05, 4.69) is 0 Å². The van der Waals surface area contributed by atoms with E-state index in [1.165, 1.54) is 6.92 Å². The molecule has 0 aromatic heterocycles. The van der Waals surface area contributed by atoms with E-state index in [0.29, 0.717) is 10.6 Å². The third kappa shape index (κ3) is 2.12. The Kier molecular flexibility index (Phi) is 3.83. The first-order chi connectivity index (χ1) is 9.31. The summed E-state index contributed by atoms with van der Waals surface area (Å²) >= 11 is 5.87. The molecule has 0 saturated heterocycles. The van der Waals surface area contributed by atoms with Gasteiger partial charge in [0.1, 0.15) is 5.41 Å². The molecular weight excluding hydrogens is 304 g/mol. The summed E-state index contributed by atoms with van der Waals surface area (Å²) in [5.74, 6) is -2.23. The van der Waals surface area contributed by atoms with Crippen LogP contribution >= 0.6 is 11.6 Å². The minimum atomic E-state index is -3.58. The average molecular weight is 319 g/mol. The zero-order valence-electron chi connectivity index (χ0n) is 10.8. The van der Waals surface area contributed by atoms with E-state index >= 15 is 0 Å². The second-order valence-corrected chi connectivity index (χ2v) is 7.76. The summed E-state index contributed by atoms with van der Waals surface area (Å²) in [7, 11) is -3.58. The van der Waals surface area contributed by atoms with Crippen LogP contribution in [0.15, 0.2) is 24.3 Å². The number of carboxylic acids is 1. The van der Waals surface area contributed by atoms with Crippen molar-refractivity contribution in [3.05, 3.63) is 34.9 Å². The lowest BCUT2D eigenvalue weighted by atomic mass is 10.0. The van der Waals surface area contributed by atoms with E-state index in [-0.39, 0.29) is 5.75 Å². The largest absolute Gasteiger partial charge is 0.481 e. The molecule has 0 heterocycles. The van der Waals surface area contributed by atoms with E-state index < -0.39 is 39.0 Å². The number of benzene rings is 1. The molecule has 0 amide bonds. The lowest BCUT2D eigenvalue weighted by Crippen LogP contribution is -2.28. The quantitative estimate of drug-likeness (QED) is 0.854. The third-order valence-corrected chi connectivity index (χ3v) is 6.42. The maximum Gasteiger partial charge on any atom is 0.314 e. The highest BCUT2D eigenvalue weighted by Crippen LogP contribution is 2.63. The maximum atomic E-state index is 12.1. The maximum absolute atomic E-state index is 12.1. The standard InChI is InChI=1S/C13H15ClO5S/c1-2-20(18,19)11-10(13(11,7-15)12(16)17)8-4-3-5-9(14)6-8/h3-6,10-11,15H,2,7H2,1H3,(H,16,17)/t10-,11-,13+/m0/s1. The van der Waals surface area contributed by atoms with Crippen molar-refractivity contribution >= 4 is 27.4 Å². The number of hydrogen-bond donors (Lipinski definition) is 2. The summed E-state index contributed by atoms with van der Waals surface area (Å²) in [4.78, 5) is 11.5. The Balaban J connectivity index is 2.54. The Morgan fingerprint density at radius 2 is 2.10 bits per heavy atom. The zero-order valence-corrected chi connectivity index (χ0v) is 12.4. The van der Waals surface area contributed by atoms with Crippen molar-refractivity contribution in [2.45, 2.75) is 18.1 Å². The van der Waals surface area contributed by atoms with Gasteiger partial charge >= 0.3 is 5.97 Å². The van der Waals surface area contributed by atoms with E-state index in [1.54, 1.807) is 24.3 Å². The number of aliphatic carboxylic acids is 1. The molecule has 1 aromatic rings. The molecule has 0 unspecified atom stereocenters. The zero-order chi connectivity index (χ0) is 15.1. The first-order valence-corrected chi connectivity index (χ1v) is 8.22. The van der Waals surface area contributed by atoms with Crippen LogP contribution in [0, 0.1) is 5.41 Å². The molecule has 0 aliphatic heterocycles. The Morgan fingerprint density at radius 1 is 1.45 bits per heavy atom. The molecule has 20 heavy (non-hydrogen) atoms. The fraction of sp³-hybridized carbons (Fsp3) is 0.462. The van der Waals surface area contributed by atoms with Gasteiger partial charge in [0.25, 0.3) is 0 Å². The monoisotopic (exact) mass is 318 g/mol. The Labute approximate surface area is 122 Å². The lowest BCUT2D eigenvalue weighted by molar-refractivity contribution is -0.145. The minimum absolute atomic E-state index is 0.163. The number of halogens is 1. The summed E-state index contributed by atoms with van der Waals surface area (Å²) in [6.07, 6.45) is 0. The van der Waals surface area contributed by atoms with Crippen LogP contribution < -0.4 is 0 Å². The van der Waals surface area contributed by atoms with Crippen LogP contribution in [0.3, 0.4) is 0 Å². The van der Waals surface area contributed by atoms with E-state index in [0.717, 1.165) is 0 Å². The number of rotatable bonds is 5. The van der Waals surface area contributed by atoms with Crippen molar-refractivity contribution in [2.24, 2.45) is 5.41 Å². The molecule has 3 atom stereocenters. The van der Waals surface area contributed by atoms with Gasteiger partial charge in [-0.3, -0.25) is 4.79 Å². The SMILES string of the molecule is CCS(=O)(=O)[C@H]1[C@H](c2cccc(Cl)c2)[C@@]1(CO)C(=O)O. The highest BCUT2D eigenvalue weighted by molar-refractivity contribution is 7.92. The van der Waals surface area contributed by atoms with Gasteiger partial charge in [-0.2, -0.15) is 0 Å². The van der Waals surface area contributed by atoms with Gasteiger partial charge in [-0.05, 0) is 17.7 Å². The first kappa shape index (κ1) is 15.3. The third-order valence-electron chi connectivity index (χ3n) is 3.91. The van der Waals surface area contributed by atoms with Crippen molar-refractivity contribution in [2.75, 3.05) is 12.4 Å². The van der Waals surface area contributed by atoms with Gasteiger partial charge in [-0.15, -0.1) is 0 Å². The van der Waals surface area contributed by atoms with Crippen LogP contribution in [0.1, 0.15) is 18.4 Å². The van der Waals surface area contributed by atoms with Crippen molar-refractivity contribution in [1.82, 2.24) is 0 Å². The fourth-order valence-electron chi connectivity index (χ4n) is 2.79. The van der Waals surface area contributed by atoms with Crippen LogP contribution in [-0.4, -0.2) is 42.2 Å². The molecule has 1 saturated carbocycles. The van der Waals surface area contributed by atoms with Crippen LogP contribution in [0.25, 0.3) is 0 Å². The van der Waals surface area contributed by atoms with Gasteiger partial charge < -0.3 is 10.2 Å². The molecule has 1 fully saturated rings. The summed E-state index contributed by atoms with van der Waals surface area (Å²) in [5, 5.41) is 18.1. The Hall–Kier alpha value is -1.11. The predicted octanol–water partition coefficient (Wildman–Crippen LogP) is 1.30. The van der Waals surface area contributed by atoms with Crippen molar-refractivity contribution in [3.63, 3.8) is 0 Å². The lowest BCUT2D eigenvalue weighted by Gasteiger charge is -2.08. The molecule has 1 aliphatic rings. The number of hydrogen-bond acceptors (Lipinski definition) is 4. The Morgan fingerprint density at radius 3 is 2.55 bits per heavy atom. The normalized spacial score (nSPS) is 29.1. The molecule has 7 heteroatoms. The van der Waals surface area contributed by atoms with Gasteiger partial charge in [0.15, 0.2) is 9.84 Å². The molecular formula is C13H15ClO5S. The summed E-state index contributed by atoms with van der Waals surface area (Å²) < 4.78 is 24.2. The molecule has 0 bridgehead atoms. The number of aliphatic hydroxyl groups is 1. The highest BCUT2D eigenvalue weighted by atomic mass is 35.5. The Bertz CT molecular complexity index is 642. The van der Waals surface area contributed by atoms with Crippen LogP contribution in [-0.2, 0) is 14.6 Å². The number of carbonyl (C=O) groups is 1. The van der Waals surface area contributed by atoms with Crippen LogP contribution in [0.4, 0.5) is 0 Å². The molecule has 1 aliphatic carbocycles. The van der Waals surface area contributed by atoms with Crippen molar-refractivity contribution < 1.29 is 23.4 Å².